The van der Waals surface area contributed by atoms with Crippen molar-refractivity contribution in [3.63, 3.8) is 0 Å². The second kappa shape index (κ2) is 6.83. The van der Waals surface area contributed by atoms with Crippen LogP contribution in [0.4, 0.5) is 0 Å². The van der Waals surface area contributed by atoms with Crippen LogP contribution in [0.5, 0.6) is 0 Å². The molecule has 16 heavy (non-hydrogen) atoms. The Morgan fingerprint density at radius 3 is 2.44 bits per heavy atom. The van der Waals surface area contributed by atoms with E-state index in [-0.39, 0.29) is 18.7 Å². The van der Waals surface area contributed by atoms with Gasteiger partial charge in [0.05, 0.1) is 18.6 Å². The Labute approximate surface area is 96.2 Å². The lowest BCUT2D eigenvalue weighted by Crippen LogP contribution is -2.32. The molecule has 0 aromatic heterocycles. The third-order valence-electron chi connectivity index (χ3n) is 2.91. The topological polar surface area (TPSA) is 86.8 Å². The molecule has 1 saturated heterocycles. The number of nitrogens with zero attached hydrogens (tertiary/aromatic N) is 1. The summed E-state index contributed by atoms with van der Waals surface area (Å²) in [4.78, 5) is 13.4. The molecule has 0 saturated carbocycles. The highest BCUT2D eigenvalue weighted by molar-refractivity contribution is 5.76. The van der Waals surface area contributed by atoms with E-state index in [1.807, 2.05) is 0 Å². The average molecular weight is 230 g/mol. The third-order valence-corrected chi connectivity index (χ3v) is 2.91. The minimum atomic E-state index is -0.755. The molecule has 0 unspecified atom stereocenters. The molecule has 0 bridgehead atoms. The molecule has 94 valence electrons. The number of aliphatic hydroxyl groups excluding tert-OH is 2. The van der Waals surface area contributed by atoms with Crippen molar-refractivity contribution in [1.82, 2.24) is 4.90 Å². The van der Waals surface area contributed by atoms with Crippen molar-refractivity contribution in [1.29, 1.82) is 0 Å². The second-order valence-electron chi connectivity index (χ2n) is 4.41. The van der Waals surface area contributed by atoms with Gasteiger partial charge in [-0.1, -0.05) is 0 Å². The van der Waals surface area contributed by atoms with E-state index in [2.05, 4.69) is 0 Å². The van der Waals surface area contributed by atoms with Crippen LogP contribution < -0.4 is 5.73 Å². The van der Waals surface area contributed by atoms with Gasteiger partial charge in [-0.05, 0) is 32.2 Å². The van der Waals surface area contributed by atoms with Gasteiger partial charge in [0.1, 0.15) is 0 Å². The number of hydrogen-bond acceptors (Lipinski definition) is 4. The summed E-state index contributed by atoms with van der Waals surface area (Å²) in [7, 11) is 0. The fourth-order valence-corrected chi connectivity index (χ4v) is 2.00. The van der Waals surface area contributed by atoms with Crippen LogP contribution in [0.3, 0.4) is 0 Å². The van der Waals surface area contributed by atoms with Gasteiger partial charge < -0.3 is 20.8 Å². The van der Waals surface area contributed by atoms with E-state index in [4.69, 9.17) is 5.73 Å². The number of likely N-dealkylation sites (tertiary alicyclic amines) is 1. The van der Waals surface area contributed by atoms with Gasteiger partial charge in [-0.3, -0.25) is 4.79 Å². The first-order valence-electron chi connectivity index (χ1n) is 5.97. The molecular weight excluding hydrogens is 208 g/mol. The predicted octanol–water partition coefficient (Wildman–Crippen LogP) is -0.540. The SMILES string of the molecule is NCC[C@@H](O)C[C@@H](O)CC(=O)N1CCCC1. The van der Waals surface area contributed by atoms with Crippen molar-refractivity contribution >= 4 is 5.91 Å². The smallest absolute Gasteiger partial charge is 0.225 e. The van der Waals surface area contributed by atoms with Crippen LogP contribution in [-0.2, 0) is 4.79 Å². The molecule has 0 aromatic carbocycles. The zero-order valence-corrected chi connectivity index (χ0v) is 9.64. The van der Waals surface area contributed by atoms with Gasteiger partial charge in [0.15, 0.2) is 0 Å². The van der Waals surface area contributed by atoms with E-state index < -0.39 is 12.2 Å². The summed E-state index contributed by atoms with van der Waals surface area (Å²) in [6.45, 7) is 2.00. The highest BCUT2D eigenvalue weighted by atomic mass is 16.3. The van der Waals surface area contributed by atoms with Gasteiger partial charge >= 0.3 is 0 Å². The van der Waals surface area contributed by atoms with Crippen molar-refractivity contribution in [2.75, 3.05) is 19.6 Å². The van der Waals surface area contributed by atoms with E-state index in [1.165, 1.54) is 0 Å². The van der Waals surface area contributed by atoms with Crippen LogP contribution in [-0.4, -0.2) is 52.9 Å². The number of nitrogens with two attached hydrogens (primary N) is 1. The maximum Gasteiger partial charge on any atom is 0.225 e. The first kappa shape index (κ1) is 13.4. The molecule has 1 fully saturated rings. The van der Waals surface area contributed by atoms with Crippen LogP contribution in [0.1, 0.15) is 32.1 Å². The van der Waals surface area contributed by atoms with Crippen molar-refractivity contribution in [3.05, 3.63) is 0 Å². The summed E-state index contributed by atoms with van der Waals surface area (Å²) < 4.78 is 0. The van der Waals surface area contributed by atoms with Crippen LogP contribution in [0, 0.1) is 0 Å². The molecule has 0 radical (unpaired) electrons. The van der Waals surface area contributed by atoms with Gasteiger partial charge in [-0.15, -0.1) is 0 Å². The van der Waals surface area contributed by atoms with Gasteiger partial charge in [0.25, 0.3) is 0 Å². The van der Waals surface area contributed by atoms with E-state index in [0.717, 1.165) is 25.9 Å². The first-order valence-corrected chi connectivity index (χ1v) is 5.97. The van der Waals surface area contributed by atoms with Crippen molar-refractivity contribution in [3.8, 4) is 0 Å². The lowest BCUT2D eigenvalue weighted by Gasteiger charge is -2.19. The van der Waals surface area contributed by atoms with Crippen LogP contribution in [0.2, 0.25) is 0 Å². The minimum absolute atomic E-state index is 0.00931. The Balaban J connectivity index is 2.22. The summed E-state index contributed by atoms with van der Waals surface area (Å²) in [5, 5.41) is 19.1. The number of amides is 1. The fourth-order valence-electron chi connectivity index (χ4n) is 2.00. The largest absolute Gasteiger partial charge is 0.393 e. The maximum absolute atomic E-state index is 11.7. The molecule has 0 aromatic rings. The average Bonchev–Trinajstić information content (AvgIpc) is 2.69. The van der Waals surface area contributed by atoms with E-state index >= 15 is 0 Å². The monoisotopic (exact) mass is 230 g/mol. The molecule has 1 amide bonds. The molecule has 5 nitrogen and oxygen atoms in total. The van der Waals surface area contributed by atoms with Crippen molar-refractivity contribution < 1.29 is 15.0 Å². The highest BCUT2D eigenvalue weighted by Gasteiger charge is 2.21. The number of rotatable bonds is 6. The van der Waals surface area contributed by atoms with Crippen LogP contribution in [0.25, 0.3) is 0 Å². The summed E-state index contributed by atoms with van der Waals surface area (Å²) >= 11 is 0. The molecule has 4 N–H and O–H groups in total. The quantitative estimate of drug-likeness (QED) is 0.572. The van der Waals surface area contributed by atoms with Gasteiger partial charge in [-0.25, -0.2) is 0 Å². The molecule has 1 rings (SSSR count). The van der Waals surface area contributed by atoms with Crippen molar-refractivity contribution in [2.24, 2.45) is 5.73 Å². The summed E-state index contributed by atoms with van der Waals surface area (Å²) in [6.07, 6.45) is 1.56. The molecule has 1 aliphatic heterocycles. The summed E-state index contributed by atoms with van der Waals surface area (Å²) in [5.74, 6) is -0.00931. The van der Waals surface area contributed by atoms with E-state index in [9.17, 15) is 15.0 Å². The summed E-state index contributed by atoms with van der Waals surface area (Å²) in [6, 6.07) is 0. The Bertz CT molecular complexity index is 217. The Morgan fingerprint density at radius 2 is 1.88 bits per heavy atom. The summed E-state index contributed by atoms with van der Waals surface area (Å²) in [5.41, 5.74) is 5.29. The normalized spacial score (nSPS) is 19.8. The predicted molar refractivity (Wildman–Crippen MR) is 60.7 cm³/mol. The maximum atomic E-state index is 11.7. The number of carbonyl (C=O) groups excluding carboxylic acids is 1. The van der Waals surface area contributed by atoms with Crippen LogP contribution >= 0.6 is 0 Å². The first-order chi connectivity index (χ1) is 7.63. The lowest BCUT2D eigenvalue weighted by molar-refractivity contribution is -0.132. The standard InChI is InChI=1S/C11H22N2O3/c12-4-3-9(14)7-10(15)8-11(16)13-5-1-2-6-13/h9-10,14-15H,1-8,12H2/t9-,10-/m1/s1. The van der Waals surface area contributed by atoms with Gasteiger partial charge in [0, 0.05) is 13.1 Å². The molecule has 0 aliphatic carbocycles. The molecule has 0 spiro atoms. The fraction of sp³-hybridized carbons (Fsp3) is 0.909. The zero-order valence-electron chi connectivity index (χ0n) is 9.64. The van der Waals surface area contributed by atoms with Gasteiger partial charge in [-0.2, -0.15) is 0 Å². The van der Waals surface area contributed by atoms with Gasteiger partial charge in [0.2, 0.25) is 5.91 Å². The molecule has 1 heterocycles. The Kier molecular flexibility index (Phi) is 5.73. The van der Waals surface area contributed by atoms with Crippen molar-refractivity contribution in [2.45, 2.75) is 44.3 Å². The lowest BCUT2D eigenvalue weighted by atomic mass is 10.1. The highest BCUT2D eigenvalue weighted by Crippen LogP contribution is 2.12. The van der Waals surface area contributed by atoms with Crippen LogP contribution in [0.15, 0.2) is 0 Å². The molecular formula is C11H22N2O3. The Morgan fingerprint density at radius 1 is 1.25 bits per heavy atom. The molecule has 2 atom stereocenters. The third kappa shape index (κ3) is 4.47. The number of aliphatic hydroxyl groups is 2. The molecule has 5 heteroatoms. The van der Waals surface area contributed by atoms with E-state index in [1.54, 1.807) is 4.90 Å². The second-order valence-corrected chi connectivity index (χ2v) is 4.41. The minimum Gasteiger partial charge on any atom is -0.393 e. The number of hydrogen-bond donors (Lipinski definition) is 3. The molecule has 1 aliphatic rings. The van der Waals surface area contributed by atoms with E-state index in [0.29, 0.717) is 13.0 Å². The Hall–Kier alpha value is -0.650. The zero-order chi connectivity index (χ0) is 12.0. The number of carbonyl (C=O) groups is 1.